The van der Waals surface area contributed by atoms with E-state index >= 15 is 0 Å². The predicted octanol–water partition coefficient (Wildman–Crippen LogP) is 8.82. The first kappa shape index (κ1) is 26.6. The van der Waals surface area contributed by atoms with Gasteiger partial charge in [0.15, 0.2) is 5.79 Å². The quantitative estimate of drug-likeness (QED) is 0.171. The van der Waals surface area contributed by atoms with Gasteiger partial charge < -0.3 is 18.5 Å². The second-order valence-electron chi connectivity index (χ2n) is 11.1. The van der Waals surface area contributed by atoms with Crippen molar-refractivity contribution >= 4 is 39.9 Å². The molecule has 5 rings (SSSR count). The molecule has 0 bridgehead atoms. The lowest BCUT2D eigenvalue weighted by Gasteiger charge is -2.31. The number of rotatable bonds is 8. The molecule has 4 aromatic rings. The molecular formula is C31H39O5P. The van der Waals surface area contributed by atoms with Gasteiger partial charge in [-0.1, -0.05) is 64.1 Å². The minimum absolute atomic E-state index is 0.0364. The Kier molecular flexibility index (Phi) is 6.92. The molecule has 5 nitrogen and oxygen atoms in total. The van der Waals surface area contributed by atoms with Gasteiger partial charge in [-0.3, -0.25) is 4.57 Å². The molecule has 1 fully saturated rings. The Balaban J connectivity index is 1.90. The highest BCUT2D eigenvalue weighted by Gasteiger charge is 2.40. The number of ether oxygens (including phenoxy) is 2. The normalized spacial score (nSPS) is 17.4. The highest BCUT2D eigenvalue weighted by molar-refractivity contribution is 7.54. The molecule has 198 valence electrons. The predicted molar refractivity (Wildman–Crippen MR) is 152 cm³/mol. The zero-order valence-corrected chi connectivity index (χ0v) is 24.0. The molecule has 6 heteroatoms. The molecule has 1 aliphatic rings. The summed E-state index contributed by atoms with van der Waals surface area (Å²) in [7, 11) is -3.43. The lowest BCUT2D eigenvalue weighted by atomic mass is 9.81. The monoisotopic (exact) mass is 522 g/mol. The van der Waals surface area contributed by atoms with Crippen molar-refractivity contribution in [3.05, 3.63) is 59.2 Å². The molecule has 1 unspecified atom stereocenters. The highest BCUT2D eigenvalue weighted by Crippen LogP contribution is 2.64. The minimum atomic E-state index is -3.43. The van der Waals surface area contributed by atoms with Crippen LogP contribution in [-0.4, -0.2) is 26.4 Å². The fourth-order valence-corrected chi connectivity index (χ4v) is 8.04. The minimum Gasteiger partial charge on any atom is -0.344 e. The van der Waals surface area contributed by atoms with Crippen LogP contribution < -0.4 is 0 Å². The molecule has 37 heavy (non-hydrogen) atoms. The third kappa shape index (κ3) is 4.39. The smallest absolute Gasteiger partial charge is 0.338 e. The van der Waals surface area contributed by atoms with Gasteiger partial charge in [0.1, 0.15) is 0 Å². The van der Waals surface area contributed by atoms with Crippen molar-refractivity contribution < 1.29 is 23.1 Å². The number of benzene rings is 4. The second-order valence-corrected chi connectivity index (χ2v) is 13.3. The van der Waals surface area contributed by atoms with Crippen LogP contribution in [0.4, 0.5) is 0 Å². The molecule has 0 N–H and O–H groups in total. The summed E-state index contributed by atoms with van der Waals surface area (Å²) in [5, 5.41) is 6.95. The first-order valence-corrected chi connectivity index (χ1v) is 15.1. The zero-order valence-electron chi connectivity index (χ0n) is 23.1. The van der Waals surface area contributed by atoms with Gasteiger partial charge in [0.2, 0.25) is 0 Å². The first-order chi connectivity index (χ1) is 17.6. The van der Waals surface area contributed by atoms with Gasteiger partial charge in [0.25, 0.3) is 0 Å². The van der Waals surface area contributed by atoms with Gasteiger partial charge in [0, 0.05) is 5.56 Å². The average Bonchev–Trinajstić information content (AvgIpc) is 3.30. The third-order valence-corrected chi connectivity index (χ3v) is 10.3. The molecule has 4 aromatic carbocycles. The van der Waals surface area contributed by atoms with Crippen molar-refractivity contribution in [2.45, 2.75) is 71.7 Å². The van der Waals surface area contributed by atoms with Crippen LogP contribution in [0, 0.1) is 0 Å². The Hall–Kier alpha value is -2.01. The van der Waals surface area contributed by atoms with Crippen molar-refractivity contribution in [3.8, 4) is 0 Å². The largest absolute Gasteiger partial charge is 0.344 e. The van der Waals surface area contributed by atoms with Crippen LogP contribution in [0.5, 0.6) is 0 Å². The van der Waals surface area contributed by atoms with Crippen LogP contribution in [0.3, 0.4) is 0 Å². The van der Waals surface area contributed by atoms with Crippen LogP contribution in [0.15, 0.2) is 42.5 Å². The zero-order chi connectivity index (χ0) is 26.6. The van der Waals surface area contributed by atoms with E-state index in [0.717, 1.165) is 27.3 Å². The van der Waals surface area contributed by atoms with Crippen LogP contribution in [-0.2, 0) is 34.3 Å². The van der Waals surface area contributed by atoms with E-state index in [9.17, 15) is 4.57 Å². The summed E-state index contributed by atoms with van der Waals surface area (Å²) in [4.78, 5) is 0. The Labute approximate surface area is 220 Å². The molecule has 0 aliphatic carbocycles. The summed E-state index contributed by atoms with van der Waals surface area (Å²) in [5.41, 5.74) is 2.85. The Morgan fingerprint density at radius 3 is 1.97 bits per heavy atom. The van der Waals surface area contributed by atoms with E-state index in [1.54, 1.807) is 0 Å². The standard InChI is InChI=1S/C31H39O5P/c1-8-27(37(32,35-9-2)36-10-3)25-19-26(31(7)33-15-16-34-31)24-14-12-21-18-22(30(4,5)6)17-20-11-13-23(25)29(24)28(20)21/h11-14,17-19,27H,8-10,15-16H2,1-7H3. The lowest BCUT2D eigenvalue weighted by Crippen LogP contribution is -2.23. The third-order valence-electron chi connectivity index (χ3n) is 7.69. The highest BCUT2D eigenvalue weighted by atomic mass is 31.2. The van der Waals surface area contributed by atoms with E-state index in [4.69, 9.17) is 18.5 Å². The molecule has 0 saturated carbocycles. The topological polar surface area (TPSA) is 54.0 Å². The fourth-order valence-electron chi connectivity index (χ4n) is 5.89. The Bertz CT molecular complexity index is 1450. The summed E-state index contributed by atoms with van der Waals surface area (Å²) in [6, 6.07) is 15.5. The van der Waals surface area contributed by atoms with Crippen LogP contribution >= 0.6 is 7.60 Å². The van der Waals surface area contributed by atoms with E-state index in [1.807, 2.05) is 27.7 Å². The molecule has 1 aliphatic heterocycles. The molecule has 0 aromatic heterocycles. The van der Waals surface area contributed by atoms with Crippen molar-refractivity contribution in [1.82, 2.24) is 0 Å². The van der Waals surface area contributed by atoms with Crippen molar-refractivity contribution in [1.29, 1.82) is 0 Å². The average molecular weight is 523 g/mol. The van der Waals surface area contributed by atoms with Gasteiger partial charge in [-0.15, -0.1) is 0 Å². The number of hydrogen-bond donors (Lipinski definition) is 0. The van der Waals surface area contributed by atoms with E-state index in [-0.39, 0.29) is 5.41 Å². The van der Waals surface area contributed by atoms with E-state index < -0.39 is 19.0 Å². The molecule has 0 radical (unpaired) electrons. The molecule has 0 amide bonds. The van der Waals surface area contributed by atoms with Gasteiger partial charge in [-0.25, -0.2) is 0 Å². The maximum Gasteiger partial charge on any atom is 0.338 e. The second kappa shape index (κ2) is 9.63. The van der Waals surface area contributed by atoms with Gasteiger partial charge in [-0.2, -0.15) is 0 Å². The van der Waals surface area contributed by atoms with Gasteiger partial charge >= 0.3 is 7.60 Å². The van der Waals surface area contributed by atoms with E-state index in [1.165, 1.54) is 21.7 Å². The van der Waals surface area contributed by atoms with E-state index in [2.05, 4.69) is 63.2 Å². The van der Waals surface area contributed by atoms with Gasteiger partial charge in [0.05, 0.1) is 32.1 Å². The molecule has 0 spiro atoms. The van der Waals surface area contributed by atoms with Crippen LogP contribution in [0.2, 0.25) is 0 Å². The Morgan fingerprint density at radius 1 is 0.892 bits per heavy atom. The van der Waals surface area contributed by atoms with Crippen molar-refractivity contribution in [3.63, 3.8) is 0 Å². The van der Waals surface area contributed by atoms with Crippen LogP contribution in [0.1, 0.15) is 77.2 Å². The molecule has 1 saturated heterocycles. The summed E-state index contributed by atoms with van der Waals surface area (Å²) in [5.74, 6) is -0.882. The number of hydrogen-bond acceptors (Lipinski definition) is 5. The Morgan fingerprint density at radius 2 is 1.46 bits per heavy atom. The maximum atomic E-state index is 14.2. The summed E-state index contributed by atoms with van der Waals surface area (Å²) in [6.07, 6.45) is 0.618. The molecule has 1 atom stereocenters. The maximum absolute atomic E-state index is 14.2. The van der Waals surface area contributed by atoms with Crippen LogP contribution in [0.25, 0.3) is 32.3 Å². The van der Waals surface area contributed by atoms with Crippen molar-refractivity contribution in [2.75, 3.05) is 26.4 Å². The first-order valence-electron chi connectivity index (χ1n) is 13.5. The molecular weight excluding hydrogens is 483 g/mol. The van der Waals surface area contributed by atoms with Gasteiger partial charge in [-0.05, 0) is 82.1 Å². The summed E-state index contributed by atoms with van der Waals surface area (Å²) >= 11 is 0. The summed E-state index contributed by atoms with van der Waals surface area (Å²) in [6.45, 7) is 16.2. The molecule has 1 heterocycles. The lowest BCUT2D eigenvalue weighted by molar-refractivity contribution is -0.148. The van der Waals surface area contributed by atoms with Crippen molar-refractivity contribution in [2.24, 2.45) is 0 Å². The fraction of sp³-hybridized carbons (Fsp3) is 0.484. The summed E-state index contributed by atoms with van der Waals surface area (Å²) < 4.78 is 38.3. The van der Waals surface area contributed by atoms with E-state index in [0.29, 0.717) is 32.8 Å². The SMILES string of the molecule is CCOP(=O)(OCC)C(CC)c1cc(C2(C)OCCO2)c2ccc3cc(C(C)(C)C)cc4ccc1c2c43.